The summed E-state index contributed by atoms with van der Waals surface area (Å²) in [6.45, 7) is 2.41. The highest BCUT2D eigenvalue weighted by atomic mass is 79.9. The number of halogens is 1. The predicted octanol–water partition coefficient (Wildman–Crippen LogP) is 1.74. The molecule has 1 aromatic heterocycles. The number of rotatable bonds is 2. The van der Waals surface area contributed by atoms with Crippen LogP contribution in [-0.4, -0.2) is 47.8 Å². The summed E-state index contributed by atoms with van der Waals surface area (Å²) in [5.41, 5.74) is 0. The van der Waals surface area contributed by atoms with Crippen molar-refractivity contribution >= 4 is 27.7 Å². The first-order valence-corrected chi connectivity index (χ1v) is 7.28. The molecule has 0 N–H and O–H groups in total. The zero-order chi connectivity index (χ0) is 13.4. The fraction of sp³-hybridized carbons (Fsp3) is 0.538. The Morgan fingerprint density at radius 3 is 2.26 bits per heavy atom. The zero-order valence-corrected chi connectivity index (χ0v) is 12.1. The number of amides is 2. The van der Waals surface area contributed by atoms with E-state index in [0.29, 0.717) is 36.6 Å². The van der Waals surface area contributed by atoms with Gasteiger partial charge in [0.2, 0.25) is 5.91 Å². The van der Waals surface area contributed by atoms with Gasteiger partial charge in [0.05, 0.1) is 0 Å². The molecule has 102 valence electrons. The molecule has 6 heteroatoms. The van der Waals surface area contributed by atoms with Gasteiger partial charge in [-0.25, -0.2) is 0 Å². The maximum absolute atomic E-state index is 12.1. The van der Waals surface area contributed by atoms with E-state index in [0.717, 1.165) is 12.8 Å². The van der Waals surface area contributed by atoms with E-state index < -0.39 is 0 Å². The molecule has 2 fully saturated rings. The SMILES string of the molecule is O=C(c1ccc(Br)o1)N1CCN(C(=O)C2CC2)CC1. The second-order valence-corrected chi connectivity index (χ2v) is 5.78. The van der Waals surface area contributed by atoms with Gasteiger partial charge in [0.1, 0.15) is 0 Å². The van der Waals surface area contributed by atoms with Gasteiger partial charge in [0.25, 0.3) is 5.91 Å². The lowest BCUT2D eigenvalue weighted by Gasteiger charge is -2.34. The summed E-state index contributed by atoms with van der Waals surface area (Å²) in [5, 5.41) is 0. The summed E-state index contributed by atoms with van der Waals surface area (Å²) in [4.78, 5) is 27.7. The molecule has 0 unspecified atom stereocenters. The maximum atomic E-state index is 12.1. The molecule has 1 aromatic rings. The molecule has 19 heavy (non-hydrogen) atoms. The number of hydrogen-bond acceptors (Lipinski definition) is 3. The van der Waals surface area contributed by atoms with Crippen LogP contribution in [0.1, 0.15) is 23.4 Å². The maximum Gasteiger partial charge on any atom is 0.289 e. The van der Waals surface area contributed by atoms with Crippen molar-refractivity contribution in [2.45, 2.75) is 12.8 Å². The molecule has 2 aliphatic rings. The standard InChI is InChI=1S/C13H15BrN2O3/c14-11-4-3-10(19-11)13(18)16-7-5-15(6-8-16)12(17)9-1-2-9/h3-4,9H,1-2,5-8H2. The van der Waals surface area contributed by atoms with E-state index in [-0.39, 0.29) is 17.7 Å². The minimum Gasteiger partial charge on any atom is -0.444 e. The lowest BCUT2D eigenvalue weighted by Crippen LogP contribution is -2.51. The van der Waals surface area contributed by atoms with Crippen molar-refractivity contribution in [3.05, 3.63) is 22.6 Å². The van der Waals surface area contributed by atoms with Gasteiger partial charge in [-0.2, -0.15) is 0 Å². The molecular formula is C13H15BrN2O3. The molecule has 1 saturated carbocycles. The monoisotopic (exact) mass is 326 g/mol. The van der Waals surface area contributed by atoms with E-state index in [1.54, 1.807) is 17.0 Å². The second kappa shape index (κ2) is 5.00. The number of carbonyl (C=O) groups is 2. The zero-order valence-electron chi connectivity index (χ0n) is 10.5. The summed E-state index contributed by atoms with van der Waals surface area (Å²) >= 11 is 3.19. The van der Waals surface area contributed by atoms with E-state index in [4.69, 9.17) is 4.42 Å². The third kappa shape index (κ3) is 2.68. The summed E-state index contributed by atoms with van der Waals surface area (Å²) in [6.07, 6.45) is 2.05. The topological polar surface area (TPSA) is 53.8 Å². The van der Waals surface area contributed by atoms with Gasteiger partial charge >= 0.3 is 0 Å². The smallest absolute Gasteiger partial charge is 0.289 e. The van der Waals surface area contributed by atoms with Crippen molar-refractivity contribution in [3.8, 4) is 0 Å². The van der Waals surface area contributed by atoms with E-state index in [1.807, 2.05) is 4.90 Å². The highest BCUT2D eigenvalue weighted by Gasteiger charge is 2.35. The van der Waals surface area contributed by atoms with E-state index in [2.05, 4.69) is 15.9 Å². The average Bonchev–Trinajstić information content (AvgIpc) is 3.19. The first-order chi connectivity index (χ1) is 9.15. The van der Waals surface area contributed by atoms with E-state index >= 15 is 0 Å². The van der Waals surface area contributed by atoms with Crippen LogP contribution in [0.25, 0.3) is 0 Å². The van der Waals surface area contributed by atoms with Crippen LogP contribution in [0.15, 0.2) is 21.2 Å². The molecule has 0 bridgehead atoms. The van der Waals surface area contributed by atoms with Crippen LogP contribution in [-0.2, 0) is 4.79 Å². The molecule has 3 rings (SSSR count). The molecule has 1 aliphatic heterocycles. The minimum absolute atomic E-state index is 0.107. The first-order valence-electron chi connectivity index (χ1n) is 6.48. The lowest BCUT2D eigenvalue weighted by molar-refractivity contribution is -0.134. The normalized spacial score (nSPS) is 19.6. The first kappa shape index (κ1) is 12.7. The highest BCUT2D eigenvalue weighted by Crippen LogP contribution is 2.31. The number of piperazine rings is 1. The molecular weight excluding hydrogens is 312 g/mol. The van der Waals surface area contributed by atoms with Crippen LogP contribution in [0.5, 0.6) is 0 Å². The Morgan fingerprint density at radius 1 is 1.11 bits per heavy atom. The number of nitrogens with zero attached hydrogens (tertiary/aromatic N) is 2. The van der Waals surface area contributed by atoms with Crippen LogP contribution in [0.4, 0.5) is 0 Å². The van der Waals surface area contributed by atoms with Gasteiger partial charge in [-0.15, -0.1) is 0 Å². The Hall–Kier alpha value is -1.30. The van der Waals surface area contributed by atoms with Crippen LogP contribution in [0.3, 0.4) is 0 Å². The fourth-order valence-electron chi connectivity index (χ4n) is 2.30. The number of carbonyl (C=O) groups excluding carboxylic acids is 2. The Labute approximate surface area is 119 Å². The average molecular weight is 327 g/mol. The quantitative estimate of drug-likeness (QED) is 0.831. The van der Waals surface area contributed by atoms with E-state index in [1.165, 1.54) is 0 Å². The Balaban J connectivity index is 1.57. The highest BCUT2D eigenvalue weighted by molar-refractivity contribution is 9.10. The van der Waals surface area contributed by atoms with Gasteiger partial charge in [-0.3, -0.25) is 9.59 Å². The van der Waals surface area contributed by atoms with Crippen LogP contribution >= 0.6 is 15.9 Å². The number of furan rings is 1. The molecule has 0 aromatic carbocycles. The van der Waals surface area contributed by atoms with E-state index in [9.17, 15) is 9.59 Å². The molecule has 2 heterocycles. The molecule has 1 saturated heterocycles. The summed E-state index contributed by atoms with van der Waals surface area (Å²) in [7, 11) is 0. The molecule has 5 nitrogen and oxygen atoms in total. The van der Waals surface area contributed by atoms with Crippen molar-refractivity contribution in [2.24, 2.45) is 5.92 Å². The molecule has 2 amide bonds. The molecule has 0 radical (unpaired) electrons. The number of hydrogen-bond donors (Lipinski definition) is 0. The largest absolute Gasteiger partial charge is 0.444 e. The Morgan fingerprint density at radius 2 is 1.74 bits per heavy atom. The minimum atomic E-state index is -0.107. The third-order valence-corrected chi connectivity index (χ3v) is 4.02. The Bertz CT molecular complexity index is 502. The Kier molecular flexibility index (Phi) is 3.35. The summed E-state index contributed by atoms with van der Waals surface area (Å²) < 4.78 is 5.82. The molecule has 0 spiro atoms. The van der Waals surface area contributed by atoms with Crippen LogP contribution in [0, 0.1) is 5.92 Å². The third-order valence-electron chi connectivity index (χ3n) is 3.59. The van der Waals surface area contributed by atoms with Crippen LogP contribution in [0.2, 0.25) is 0 Å². The molecule has 1 aliphatic carbocycles. The van der Waals surface area contributed by atoms with Crippen LogP contribution < -0.4 is 0 Å². The van der Waals surface area contributed by atoms with Gasteiger partial charge in [-0.1, -0.05) is 0 Å². The molecule has 0 atom stereocenters. The van der Waals surface area contributed by atoms with Crippen molar-refractivity contribution in [1.82, 2.24) is 9.80 Å². The van der Waals surface area contributed by atoms with Gasteiger partial charge in [0.15, 0.2) is 10.4 Å². The van der Waals surface area contributed by atoms with Crippen molar-refractivity contribution in [1.29, 1.82) is 0 Å². The van der Waals surface area contributed by atoms with Gasteiger partial charge in [-0.05, 0) is 40.9 Å². The summed E-state index contributed by atoms with van der Waals surface area (Å²) in [5.74, 6) is 0.745. The summed E-state index contributed by atoms with van der Waals surface area (Å²) in [6, 6.07) is 3.37. The second-order valence-electron chi connectivity index (χ2n) is 5.00. The van der Waals surface area contributed by atoms with Gasteiger partial charge < -0.3 is 14.2 Å². The fourth-order valence-corrected chi connectivity index (χ4v) is 2.61. The van der Waals surface area contributed by atoms with Crippen molar-refractivity contribution < 1.29 is 14.0 Å². The van der Waals surface area contributed by atoms with Gasteiger partial charge in [0, 0.05) is 32.1 Å². The predicted molar refractivity (Wildman–Crippen MR) is 71.6 cm³/mol. The lowest BCUT2D eigenvalue weighted by atomic mass is 10.2. The van der Waals surface area contributed by atoms with Crippen molar-refractivity contribution in [3.63, 3.8) is 0 Å². The van der Waals surface area contributed by atoms with Crippen molar-refractivity contribution in [2.75, 3.05) is 26.2 Å².